The number of anilines is 1. The molecule has 1 atom stereocenters. The zero-order valence-corrected chi connectivity index (χ0v) is 17.7. The van der Waals surface area contributed by atoms with Crippen LogP contribution in [0.4, 0.5) is 5.13 Å². The smallest absolute Gasteiger partial charge is 0.297 e. The summed E-state index contributed by atoms with van der Waals surface area (Å²) in [5, 5.41) is 1.09. The fourth-order valence-electron chi connectivity index (χ4n) is 3.95. The third-order valence-corrected chi connectivity index (χ3v) is 6.75. The molecule has 6 heteroatoms. The third kappa shape index (κ3) is 2.71. The topological polar surface area (TPSA) is 63.4 Å². The molecular weight excluding hydrogens is 396 g/mol. The standard InChI is InChI=1S/C24H20N2O3S/c1-4-15-10-11-18-17(12-15)21(27)19-20(16-8-6-5-7-9-16)26(23(28)22(19)29-18)24-25-13(2)14(3)30-24/h5-12,20H,4H2,1-3H3. The Labute approximate surface area is 177 Å². The lowest BCUT2D eigenvalue weighted by Gasteiger charge is -2.22. The van der Waals surface area contributed by atoms with Crippen molar-refractivity contribution < 1.29 is 9.21 Å². The molecule has 1 aliphatic heterocycles. The zero-order valence-electron chi connectivity index (χ0n) is 16.9. The molecular formula is C24H20N2O3S. The second-order valence-corrected chi connectivity index (χ2v) is 8.67. The van der Waals surface area contributed by atoms with E-state index in [1.165, 1.54) is 11.3 Å². The van der Waals surface area contributed by atoms with Crippen LogP contribution in [0.2, 0.25) is 0 Å². The van der Waals surface area contributed by atoms with E-state index in [4.69, 9.17) is 4.42 Å². The summed E-state index contributed by atoms with van der Waals surface area (Å²) < 4.78 is 6.02. The number of hydrogen-bond acceptors (Lipinski definition) is 5. The summed E-state index contributed by atoms with van der Waals surface area (Å²) in [6, 6.07) is 14.6. The van der Waals surface area contributed by atoms with Gasteiger partial charge in [-0.05, 0) is 43.5 Å². The van der Waals surface area contributed by atoms with E-state index in [1.807, 2.05) is 63.2 Å². The van der Waals surface area contributed by atoms with E-state index in [9.17, 15) is 9.59 Å². The highest BCUT2D eigenvalue weighted by Gasteiger charge is 2.44. The van der Waals surface area contributed by atoms with Crippen LogP contribution in [0, 0.1) is 13.8 Å². The van der Waals surface area contributed by atoms with Crippen LogP contribution in [-0.4, -0.2) is 10.9 Å². The van der Waals surface area contributed by atoms with Crippen molar-refractivity contribution in [2.75, 3.05) is 4.90 Å². The van der Waals surface area contributed by atoms with Crippen LogP contribution in [0.15, 0.2) is 57.7 Å². The SMILES string of the molecule is CCc1ccc2oc3c(c(=O)c2c1)C(c1ccccc1)N(c1nc(C)c(C)s1)C3=O. The van der Waals surface area contributed by atoms with Crippen molar-refractivity contribution in [3.05, 3.63) is 91.8 Å². The highest BCUT2D eigenvalue weighted by Crippen LogP contribution is 2.42. The molecule has 2 aromatic heterocycles. The second kappa shape index (κ2) is 6.92. The molecule has 150 valence electrons. The monoisotopic (exact) mass is 416 g/mol. The van der Waals surface area contributed by atoms with Gasteiger partial charge in [0.1, 0.15) is 5.58 Å². The molecule has 2 aromatic carbocycles. The number of carbonyl (C=O) groups excluding carboxylic acids is 1. The van der Waals surface area contributed by atoms with E-state index >= 15 is 0 Å². The van der Waals surface area contributed by atoms with Crippen LogP contribution in [-0.2, 0) is 6.42 Å². The number of benzene rings is 2. The molecule has 0 saturated heterocycles. The minimum atomic E-state index is -0.565. The van der Waals surface area contributed by atoms with Crippen molar-refractivity contribution in [2.24, 2.45) is 0 Å². The van der Waals surface area contributed by atoms with E-state index in [-0.39, 0.29) is 17.1 Å². The van der Waals surface area contributed by atoms with Crippen LogP contribution in [0.1, 0.15) is 50.8 Å². The van der Waals surface area contributed by atoms with Crippen molar-refractivity contribution in [1.29, 1.82) is 0 Å². The normalized spacial score (nSPS) is 15.8. The van der Waals surface area contributed by atoms with Gasteiger partial charge in [-0.1, -0.05) is 43.3 Å². The fourth-order valence-corrected chi connectivity index (χ4v) is 4.88. The molecule has 30 heavy (non-hydrogen) atoms. The number of aromatic nitrogens is 1. The number of rotatable bonds is 3. The first kappa shape index (κ1) is 18.8. The van der Waals surface area contributed by atoms with E-state index in [0.717, 1.165) is 28.1 Å². The first-order valence-electron chi connectivity index (χ1n) is 9.91. The molecule has 0 saturated carbocycles. The van der Waals surface area contributed by atoms with E-state index in [1.54, 1.807) is 11.0 Å². The van der Waals surface area contributed by atoms with Crippen molar-refractivity contribution >= 4 is 33.3 Å². The first-order valence-corrected chi connectivity index (χ1v) is 10.7. The molecule has 3 heterocycles. The van der Waals surface area contributed by atoms with E-state index in [0.29, 0.717) is 21.7 Å². The summed E-state index contributed by atoms with van der Waals surface area (Å²) in [5.41, 5.74) is 3.45. The number of fused-ring (bicyclic) bond motifs is 2. The maximum Gasteiger partial charge on any atom is 0.297 e. The number of nitrogens with zero attached hydrogens (tertiary/aromatic N) is 2. The van der Waals surface area contributed by atoms with E-state index in [2.05, 4.69) is 4.98 Å². The van der Waals surface area contributed by atoms with Crippen molar-refractivity contribution in [2.45, 2.75) is 33.2 Å². The minimum absolute atomic E-state index is 0.108. The molecule has 0 bridgehead atoms. The Morgan fingerprint density at radius 1 is 1.10 bits per heavy atom. The van der Waals surface area contributed by atoms with Gasteiger partial charge < -0.3 is 4.42 Å². The Hall–Kier alpha value is -3.25. The number of hydrogen-bond donors (Lipinski definition) is 0. The van der Waals surface area contributed by atoms with Crippen LogP contribution in [0.5, 0.6) is 0 Å². The Morgan fingerprint density at radius 3 is 2.53 bits per heavy atom. The molecule has 0 fully saturated rings. The third-order valence-electron chi connectivity index (χ3n) is 5.68. The van der Waals surface area contributed by atoms with Gasteiger partial charge in [-0.2, -0.15) is 0 Å². The average molecular weight is 417 g/mol. The van der Waals surface area contributed by atoms with Gasteiger partial charge in [-0.3, -0.25) is 14.5 Å². The predicted molar refractivity (Wildman–Crippen MR) is 119 cm³/mol. The van der Waals surface area contributed by atoms with Crippen molar-refractivity contribution in [3.63, 3.8) is 0 Å². The van der Waals surface area contributed by atoms with Gasteiger partial charge in [0.2, 0.25) is 5.76 Å². The lowest BCUT2D eigenvalue weighted by atomic mass is 9.98. The van der Waals surface area contributed by atoms with Crippen LogP contribution >= 0.6 is 11.3 Å². The number of carbonyl (C=O) groups is 1. The zero-order chi connectivity index (χ0) is 21.0. The van der Waals surface area contributed by atoms with Gasteiger partial charge in [0, 0.05) is 4.88 Å². The van der Waals surface area contributed by atoms with Crippen LogP contribution in [0.3, 0.4) is 0 Å². The Balaban J connectivity index is 1.82. The van der Waals surface area contributed by atoms with Gasteiger partial charge >= 0.3 is 0 Å². The molecule has 4 aromatic rings. The van der Waals surface area contributed by atoms with Crippen molar-refractivity contribution in [3.8, 4) is 0 Å². The number of thiazole rings is 1. The summed E-state index contributed by atoms with van der Waals surface area (Å²) in [7, 11) is 0. The maximum atomic E-state index is 13.6. The number of amides is 1. The van der Waals surface area contributed by atoms with E-state index < -0.39 is 6.04 Å². The van der Waals surface area contributed by atoms with Gasteiger partial charge in [-0.25, -0.2) is 4.98 Å². The van der Waals surface area contributed by atoms with Crippen molar-refractivity contribution in [1.82, 2.24) is 4.98 Å². The quantitative estimate of drug-likeness (QED) is 0.462. The first-order chi connectivity index (χ1) is 14.5. The largest absolute Gasteiger partial charge is 0.450 e. The van der Waals surface area contributed by atoms with Gasteiger partial charge in [0.15, 0.2) is 10.6 Å². The number of aryl methyl sites for hydroxylation is 3. The molecule has 0 spiro atoms. The Morgan fingerprint density at radius 2 is 1.87 bits per heavy atom. The van der Waals surface area contributed by atoms with Crippen LogP contribution < -0.4 is 10.3 Å². The van der Waals surface area contributed by atoms with Gasteiger partial charge in [0.05, 0.1) is 22.7 Å². The summed E-state index contributed by atoms with van der Waals surface area (Å²) >= 11 is 1.45. The highest BCUT2D eigenvalue weighted by molar-refractivity contribution is 7.15. The lowest BCUT2D eigenvalue weighted by molar-refractivity contribution is 0.0971. The molecule has 0 radical (unpaired) electrons. The Kier molecular flexibility index (Phi) is 4.33. The maximum absolute atomic E-state index is 13.6. The molecule has 5 rings (SSSR count). The summed E-state index contributed by atoms with van der Waals surface area (Å²) in [4.78, 5) is 34.3. The lowest BCUT2D eigenvalue weighted by Crippen LogP contribution is -2.29. The fraction of sp³-hybridized carbons (Fsp3) is 0.208. The molecule has 5 nitrogen and oxygen atoms in total. The molecule has 1 aliphatic rings. The molecule has 0 N–H and O–H groups in total. The van der Waals surface area contributed by atoms with Gasteiger partial charge in [-0.15, -0.1) is 11.3 Å². The summed E-state index contributed by atoms with van der Waals surface area (Å²) in [5.74, 6) is -0.220. The second-order valence-electron chi connectivity index (χ2n) is 7.48. The molecule has 0 aliphatic carbocycles. The highest BCUT2D eigenvalue weighted by atomic mass is 32.1. The minimum Gasteiger partial charge on any atom is -0.450 e. The van der Waals surface area contributed by atoms with Crippen LogP contribution in [0.25, 0.3) is 11.0 Å². The van der Waals surface area contributed by atoms with Gasteiger partial charge in [0.25, 0.3) is 5.91 Å². The average Bonchev–Trinajstić information content (AvgIpc) is 3.25. The predicted octanol–water partition coefficient (Wildman–Crippen LogP) is 5.18. The Bertz CT molecular complexity index is 1330. The molecule has 1 unspecified atom stereocenters. The molecule has 1 amide bonds. The summed E-state index contributed by atoms with van der Waals surface area (Å²) in [6.07, 6.45) is 0.817. The summed E-state index contributed by atoms with van der Waals surface area (Å²) in [6.45, 7) is 5.94.